The highest BCUT2D eigenvalue weighted by Crippen LogP contribution is 2.36. The Labute approximate surface area is 209 Å². The highest BCUT2D eigenvalue weighted by molar-refractivity contribution is 7.93. The number of anilines is 1. The van der Waals surface area contributed by atoms with Crippen molar-refractivity contribution in [3.8, 4) is 5.75 Å². The Bertz CT molecular complexity index is 1280. The Hall–Kier alpha value is -3.34. The smallest absolute Gasteiger partial charge is 0.418 e. The number of piperidine rings is 1. The van der Waals surface area contributed by atoms with E-state index in [1.165, 1.54) is 29.3 Å². The molecule has 2 heterocycles. The largest absolute Gasteiger partial charge is 0.483 e. The standard InChI is InChI=1S/C23H22F3N3O4S.2CH4/c24-23(25,26)19-8-4-7-18-20(9-12-27-22(18)19)33-15-21(30)29-13-10-17(11-14-29)34(31,32)28-16-5-2-1-3-6-16;;/h1-9,12,17,28H,10-11,13-15H2;2*1H4. The summed E-state index contributed by atoms with van der Waals surface area (Å²) in [7, 11) is -3.60. The van der Waals surface area contributed by atoms with E-state index in [4.69, 9.17) is 4.74 Å². The number of carbonyl (C=O) groups excluding carboxylic acids is 1. The number of fused-ring (bicyclic) bond motifs is 1. The van der Waals surface area contributed by atoms with Gasteiger partial charge in [-0.25, -0.2) is 8.42 Å². The monoisotopic (exact) mass is 525 g/mol. The van der Waals surface area contributed by atoms with Gasteiger partial charge in [-0.05, 0) is 43.2 Å². The number of sulfonamides is 1. The number of benzene rings is 2. The van der Waals surface area contributed by atoms with Crippen LogP contribution in [0.15, 0.2) is 60.8 Å². The average Bonchev–Trinajstić information content (AvgIpc) is 2.82. The van der Waals surface area contributed by atoms with Gasteiger partial charge in [-0.3, -0.25) is 14.5 Å². The number of pyridine rings is 1. The molecule has 3 aromatic rings. The fraction of sp³-hybridized carbons (Fsp3) is 0.360. The summed E-state index contributed by atoms with van der Waals surface area (Å²) in [6.07, 6.45) is -2.84. The second-order valence-electron chi connectivity index (χ2n) is 7.89. The Morgan fingerprint density at radius 1 is 1.03 bits per heavy atom. The highest BCUT2D eigenvalue weighted by Gasteiger charge is 2.34. The molecule has 1 N–H and O–H groups in total. The molecule has 36 heavy (non-hydrogen) atoms. The van der Waals surface area contributed by atoms with E-state index in [2.05, 4.69) is 9.71 Å². The van der Waals surface area contributed by atoms with Crippen LogP contribution in [0.3, 0.4) is 0 Å². The Morgan fingerprint density at radius 3 is 2.33 bits per heavy atom. The first-order valence-corrected chi connectivity index (χ1v) is 12.1. The molecule has 1 aliphatic rings. The zero-order valence-electron chi connectivity index (χ0n) is 18.0. The van der Waals surface area contributed by atoms with E-state index in [1.807, 2.05) is 0 Å². The molecule has 1 amide bonds. The van der Waals surface area contributed by atoms with Crippen LogP contribution < -0.4 is 9.46 Å². The van der Waals surface area contributed by atoms with Crippen LogP contribution in [-0.2, 0) is 21.0 Å². The number of ether oxygens (including phenoxy) is 1. The van der Waals surface area contributed by atoms with Crippen molar-refractivity contribution < 1.29 is 31.1 Å². The van der Waals surface area contributed by atoms with Gasteiger partial charge in [-0.15, -0.1) is 0 Å². The summed E-state index contributed by atoms with van der Waals surface area (Å²) in [4.78, 5) is 17.9. The van der Waals surface area contributed by atoms with Gasteiger partial charge in [0.1, 0.15) is 5.75 Å². The summed E-state index contributed by atoms with van der Waals surface area (Å²) in [5, 5.41) is -0.482. The van der Waals surface area contributed by atoms with Gasteiger partial charge in [-0.2, -0.15) is 13.2 Å². The van der Waals surface area contributed by atoms with Crippen molar-refractivity contribution >= 4 is 32.5 Å². The maximum absolute atomic E-state index is 13.3. The van der Waals surface area contributed by atoms with Crippen molar-refractivity contribution in [1.82, 2.24) is 9.88 Å². The lowest BCUT2D eigenvalue weighted by Crippen LogP contribution is -2.45. The van der Waals surface area contributed by atoms with Crippen LogP contribution in [0, 0.1) is 0 Å². The van der Waals surface area contributed by atoms with Gasteiger partial charge in [0.05, 0.1) is 16.3 Å². The second kappa shape index (κ2) is 11.6. The number of likely N-dealkylation sites (tertiary alicyclic amines) is 1. The second-order valence-corrected chi connectivity index (χ2v) is 9.85. The third-order valence-corrected chi connectivity index (χ3v) is 7.52. The first-order valence-electron chi connectivity index (χ1n) is 10.6. The fourth-order valence-electron chi connectivity index (χ4n) is 3.91. The van der Waals surface area contributed by atoms with Gasteiger partial charge in [0.15, 0.2) is 6.61 Å². The molecule has 7 nitrogen and oxygen atoms in total. The zero-order chi connectivity index (χ0) is 24.3. The molecule has 0 atom stereocenters. The quantitative estimate of drug-likeness (QED) is 0.470. The lowest BCUT2D eigenvalue weighted by molar-refractivity contribution is -0.136. The topological polar surface area (TPSA) is 88.6 Å². The first-order chi connectivity index (χ1) is 16.1. The molecular weight excluding hydrogens is 495 g/mol. The number of para-hydroxylation sites is 2. The van der Waals surface area contributed by atoms with E-state index in [-0.39, 0.29) is 70.0 Å². The summed E-state index contributed by atoms with van der Waals surface area (Å²) in [5.74, 6) is -0.252. The number of aromatic nitrogens is 1. The van der Waals surface area contributed by atoms with Crippen LogP contribution in [0.2, 0.25) is 0 Å². The van der Waals surface area contributed by atoms with Gasteiger partial charge in [0, 0.05) is 30.4 Å². The van der Waals surface area contributed by atoms with E-state index >= 15 is 0 Å². The lowest BCUT2D eigenvalue weighted by atomic mass is 10.1. The number of carbonyl (C=O) groups is 1. The normalized spacial score (nSPS) is 14.5. The molecule has 0 saturated carbocycles. The first kappa shape index (κ1) is 28.9. The third-order valence-electron chi connectivity index (χ3n) is 5.65. The fourth-order valence-corrected chi connectivity index (χ4v) is 5.37. The van der Waals surface area contributed by atoms with Crippen molar-refractivity contribution in [3.05, 3.63) is 66.4 Å². The molecule has 1 aliphatic heterocycles. The van der Waals surface area contributed by atoms with Crippen LogP contribution in [0.25, 0.3) is 10.9 Å². The van der Waals surface area contributed by atoms with Crippen molar-refractivity contribution in [2.75, 3.05) is 24.4 Å². The van der Waals surface area contributed by atoms with Crippen LogP contribution in [-0.4, -0.2) is 49.2 Å². The van der Waals surface area contributed by atoms with E-state index < -0.39 is 27.0 Å². The van der Waals surface area contributed by atoms with Crippen LogP contribution >= 0.6 is 0 Å². The Balaban J connectivity index is 0.00000228. The Kier molecular flexibility index (Phi) is 9.31. The molecule has 1 saturated heterocycles. The molecule has 2 aromatic carbocycles. The van der Waals surface area contributed by atoms with Crippen LogP contribution in [0.4, 0.5) is 18.9 Å². The Morgan fingerprint density at radius 2 is 1.69 bits per heavy atom. The summed E-state index contributed by atoms with van der Waals surface area (Å²) >= 11 is 0. The molecule has 196 valence electrons. The number of alkyl halides is 3. The summed E-state index contributed by atoms with van der Waals surface area (Å²) in [5.41, 5.74) is -0.654. The predicted octanol–water partition coefficient (Wildman–Crippen LogP) is 5.34. The summed E-state index contributed by atoms with van der Waals surface area (Å²) in [6, 6.07) is 13.6. The van der Waals surface area contributed by atoms with E-state index in [1.54, 1.807) is 30.3 Å². The highest BCUT2D eigenvalue weighted by atomic mass is 32.2. The molecule has 4 rings (SSSR count). The number of halogens is 3. The number of hydrogen-bond acceptors (Lipinski definition) is 5. The van der Waals surface area contributed by atoms with Gasteiger partial charge in [-0.1, -0.05) is 39.1 Å². The average molecular weight is 526 g/mol. The zero-order valence-corrected chi connectivity index (χ0v) is 18.8. The minimum absolute atomic E-state index is 0. The molecule has 1 aromatic heterocycles. The maximum Gasteiger partial charge on any atom is 0.418 e. The molecule has 0 radical (unpaired) electrons. The number of nitrogens with one attached hydrogen (secondary N) is 1. The molecule has 0 bridgehead atoms. The number of nitrogens with zero attached hydrogens (tertiary/aromatic N) is 2. The maximum atomic E-state index is 13.3. The van der Waals surface area contributed by atoms with E-state index in [9.17, 15) is 26.4 Å². The van der Waals surface area contributed by atoms with E-state index in [0.717, 1.165) is 6.07 Å². The van der Waals surface area contributed by atoms with Crippen molar-refractivity contribution in [2.45, 2.75) is 39.1 Å². The predicted molar refractivity (Wildman–Crippen MR) is 134 cm³/mol. The minimum Gasteiger partial charge on any atom is -0.483 e. The van der Waals surface area contributed by atoms with Gasteiger partial charge in [0.2, 0.25) is 10.0 Å². The summed E-state index contributed by atoms with van der Waals surface area (Å²) < 4.78 is 73.2. The lowest BCUT2D eigenvalue weighted by Gasteiger charge is -2.31. The molecular formula is C25H30F3N3O4S. The summed E-state index contributed by atoms with van der Waals surface area (Å²) in [6.45, 7) is 0.0881. The molecule has 0 spiro atoms. The van der Waals surface area contributed by atoms with Crippen molar-refractivity contribution in [2.24, 2.45) is 0 Å². The van der Waals surface area contributed by atoms with E-state index in [0.29, 0.717) is 5.69 Å². The van der Waals surface area contributed by atoms with Gasteiger partial charge >= 0.3 is 6.18 Å². The molecule has 1 fully saturated rings. The van der Waals surface area contributed by atoms with Crippen molar-refractivity contribution in [3.63, 3.8) is 0 Å². The minimum atomic E-state index is -4.57. The van der Waals surface area contributed by atoms with Crippen LogP contribution in [0.5, 0.6) is 5.75 Å². The molecule has 0 unspecified atom stereocenters. The number of hydrogen-bond donors (Lipinski definition) is 1. The van der Waals surface area contributed by atoms with Crippen LogP contribution in [0.1, 0.15) is 33.3 Å². The number of amides is 1. The van der Waals surface area contributed by atoms with Gasteiger partial charge in [0.25, 0.3) is 5.91 Å². The SMILES string of the molecule is C.C.O=C(COc1ccnc2c(C(F)(F)F)cccc12)N1CCC(S(=O)(=O)Nc2ccccc2)CC1. The number of rotatable bonds is 6. The molecule has 0 aliphatic carbocycles. The molecule has 11 heteroatoms. The van der Waals surface area contributed by atoms with Gasteiger partial charge < -0.3 is 9.64 Å². The van der Waals surface area contributed by atoms with Crippen molar-refractivity contribution in [1.29, 1.82) is 0 Å². The third kappa shape index (κ3) is 6.45.